The Labute approximate surface area is 289 Å². The van der Waals surface area contributed by atoms with Crippen molar-refractivity contribution in [1.29, 1.82) is 0 Å². The average Bonchev–Trinajstić information content (AvgIpc) is 3.74. The number of nitrogens with one attached hydrogen (secondary N) is 1. The number of anilines is 1. The molecule has 0 aliphatic carbocycles. The third-order valence-electron chi connectivity index (χ3n) is 10.1. The van der Waals surface area contributed by atoms with E-state index in [1.165, 1.54) is 0 Å². The second-order valence-corrected chi connectivity index (χ2v) is 13.3. The van der Waals surface area contributed by atoms with Crippen LogP contribution in [-0.2, 0) is 28.7 Å². The summed E-state index contributed by atoms with van der Waals surface area (Å²) >= 11 is 0. The standard InChI is InChI=1S/C39H49N3O7/c1-5-7-19-31(44)40-25-30(28-17-10-8-11-18-28)48-38(47)32-29-20-21-39(49-29)33(32)36(45)42(23-12-9-13-24-43)35(39)37(46)41(22-6-2)34-26(3)15-14-16-27(34)4/h5-6,8,10-11,14-18,29-30,32-33,35,43H,1-2,7,9,12-13,19-25H2,3-4H3,(H,40,44)/t29-,30+,32+,33+,35-,39+/m1/s1. The van der Waals surface area contributed by atoms with Crippen LogP contribution in [0.2, 0.25) is 0 Å². The van der Waals surface area contributed by atoms with Crippen molar-refractivity contribution in [3.63, 3.8) is 0 Å². The zero-order valence-corrected chi connectivity index (χ0v) is 28.6. The highest BCUT2D eigenvalue weighted by Gasteiger charge is 2.75. The van der Waals surface area contributed by atoms with Gasteiger partial charge in [-0.1, -0.05) is 60.7 Å². The largest absolute Gasteiger partial charge is 0.455 e. The minimum atomic E-state index is -1.20. The van der Waals surface area contributed by atoms with Crippen molar-refractivity contribution >= 4 is 29.4 Å². The van der Waals surface area contributed by atoms with Crippen molar-refractivity contribution < 1.29 is 33.8 Å². The summed E-state index contributed by atoms with van der Waals surface area (Å²) in [6.07, 6.45) is 5.58. The Morgan fingerprint density at radius 2 is 1.82 bits per heavy atom. The predicted molar refractivity (Wildman–Crippen MR) is 186 cm³/mol. The molecule has 3 aliphatic heterocycles. The van der Waals surface area contributed by atoms with E-state index in [1.54, 1.807) is 22.0 Å². The SMILES string of the molecule is C=CCCC(=O)NC[C@H](OC(=O)[C@@H]1[C@H]2C(=O)N(CCCCCO)[C@H](C(=O)N(CC=C)c3c(C)cccc3C)[C@]23CC[C@H]1O3)c1ccccc1. The molecule has 0 saturated carbocycles. The molecule has 0 radical (unpaired) electrons. The van der Waals surface area contributed by atoms with Gasteiger partial charge in [-0.05, 0) is 69.1 Å². The lowest BCUT2D eigenvalue weighted by atomic mass is 9.70. The van der Waals surface area contributed by atoms with Crippen LogP contribution in [0.1, 0.15) is 67.7 Å². The normalized spacial score (nSPS) is 24.3. The number of hydrogen-bond donors (Lipinski definition) is 2. The van der Waals surface area contributed by atoms with Gasteiger partial charge in [-0.15, -0.1) is 13.2 Å². The van der Waals surface area contributed by atoms with Gasteiger partial charge in [-0.2, -0.15) is 0 Å². The number of para-hydroxylation sites is 1. The van der Waals surface area contributed by atoms with Gasteiger partial charge in [0.05, 0.1) is 24.5 Å². The Hall–Kier alpha value is -4.28. The molecule has 6 atom stereocenters. The van der Waals surface area contributed by atoms with Crippen molar-refractivity contribution in [2.24, 2.45) is 11.8 Å². The number of esters is 1. The number of nitrogens with zero attached hydrogens (tertiary/aromatic N) is 2. The molecule has 2 bridgehead atoms. The number of ether oxygens (including phenoxy) is 2. The van der Waals surface area contributed by atoms with Crippen LogP contribution in [0.15, 0.2) is 73.8 Å². The maximum absolute atomic E-state index is 14.9. The maximum Gasteiger partial charge on any atom is 0.313 e. The summed E-state index contributed by atoms with van der Waals surface area (Å²) < 4.78 is 12.8. The molecule has 3 aliphatic rings. The summed E-state index contributed by atoms with van der Waals surface area (Å²) in [5, 5.41) is 12.2. The highest BCUT2D eigenvalue weighted by molar-refractivity contribution is 6.05. The lowest BCUT2D eigenvalue weighted by molar-refractivity contribution is -0.160. The number of allylic oxidation sites excluding steroid dienone is 1. The number of aryl methyl sites for hydroxylation is 2. The number of carbonyl (C=O) groups is 4. The number of aliphatic hydroxyl groups excluding tert-OH is 1. The number of rotatable bonds is 17. The number of hydrogen-bond acceptors (Lipinski definition) is 7. The molecular weight excluding hydrogens is 622 g/mol. The third kappa shape index (κ3) is 7.21. The van der Waals surface area contributed by atoms with Gasteiger partial charge in [-0.25, -0.2) is 0 Å². The first kappa shape index (κ1) is 36.0. The van der Waals surface area contributed by atoms with Gasteiger partial charge < -0.3 is 29.7 Å². The van der Waals surface area contributed by atoms with Gasteiger partial charge in [0.1, 0.15) is 17.7 Å². The molecule has 2 N–H and O–H groups in total. The minimum Gasteiger partial charge on any atom is -0.455 e. The Morgan fingerprint density at radius 1 is 1.08 bits per heavy atom. The number of aliphatic hydroxyl groups is 1. The van der Waals surface area contributed by atoms with E-state index in [-0.39, 0.29) is 43.8 Å². The lowest BCUT2D eigenvalue weighted by Gasteiger charge is -2.37. The van der Waals surface area contributed by atoms with Crippen molar-refractivity contribution in [2.75, 3.05) is 31.1 Å². The van der Waals surface area contributed by atoms with E-state index in [0.29, 0.717) is 50.6 Å². The molecule has 49 heavy (non-hydrogen) atoms. The first-order valence-electron chi connectivity index (χ1n) is 17.4. The van der Waals surface area contributed by atoms with Crippen LogP contribution in [0, 0.1) is 25.7 Å². The highest BCUT2D eigenvalue weighted by atomic mass is 16.6. The summed E-state index contributed by atoms with van der Waals surface area (Å²) in [6, 6.07) is 14.1. The Morgan fingerprint density at radius 3 is 2.49 bits per heavy atom. The van der Waals surface area contributed by atoms with Crippen LogP contribution in [0.5, 0.6) is 0 Å². The van der Waals surface area contributed by atoms with Crippen LogP contribution in [0.4, 0.5) is 5.69 Å². The van der Waals surface area contributed by atoms with E-state index < -0.39 is 41.7 Å². The fourth-order valence-electron chi connectivity index (χ4n) is 7.95. The lowest BCUT2D eigenvalue weighted by Crippen LogP contribution is -2.56. The minimum absolute atomic E-state index is 0.0402. The molecule has 1 spiro atoms. The summed E-state index contributed by atoms with van der Waals surface area (Å²) in [6.45, 7) is 12.1. The molecule has 10 heteroatoms. The molecule has 3 heterocycles. The molecule has 0 unspecified atom stereocenters. The molecule has 2 aromatic rings. The van der Waals surface area contributed by atoms with Gasteiger partial charge in [-0.3, -0.25) is 19.2 Å². The molecule has 262 valence electrons. The van der Waals surface area contributed by atoms with Crippen molar-refractivity contribution in [2.45, 2.75) is 82.6 Å². The first-order valence-corrected chi connectivity index (χ1v) is 17.4. The number of unbranched alkanes of at least 4 members (excludes halogenated alkanes) is 2. The molecule has 10 nitrogen and oxygen atoms in total. The number of carbonyl (C=O) groups excluding carboxylic acids is 4. The molecule has 3 fully saturated rings. The topological polar surface area (TPSA) is 125 Å². The van der Waals surface area contributed by atoms with Crippen molar-refractivity contribution in [3.8, 4) is 0 Å². The van der Waals surface area contributed by atoms with Crippen molar-refractivity contribution in [3.05, 3.63) is 90.5 Å². The number of benzene rings is 2. The van der Waals surface area contributed by atoms with E-state index in [9.17, 15) is 24.3 Å². The van der Waals surface area contributed by atoms with Crippen LogP contribution in [-0.4, -0.2) is 77.7 Å². The van der Waals surface area contributed by atoms with Gasteiger partial charge in [0.25, 0.3) is 5.91 Å². The highest BCUT2D eigenvalue weighted by Crippen LogP contribution is 2.59. The predicted octanol–water partition coefficient (Wildman–Crippen LogP) is 4.73. The third-order valence-corrected chi connectivity index (χ3v) is 10.1. The van der Waals surface area contributed by atoms with E-state index in [0.717, 1.165) is 16.8 Å². The number of likely N-dealkylation sites (tertiary alicyclic amines) is 1. The molecule has 2 aromatic carbocycles. The maximum atomic E-state index is 14.9. The van der Waals surface area contributed by atoms with Gasteiger partial charge in [0.2, 0.25) is 11.8 Å². The number of fused-ring (bicyclic) bond motifs is 1. The second-order valence-electron chi connectivity index (χ2n) is 13.3. The van der Waals surface area contributed by atoms with E-state index in [2.05, 4.69) is 18.5 Å². The Bertz CT molecular complexity index is 1520. The summed E-state index contributed by atoms with van der Waals surface area (Å²) in [5.41, 5.74) is 2.12. The van der Waals surface area contributed by atoms with Crippen LogP contribution >= 0.6 is 0 Å². The van der Waals surface area contributed by atoms with Crippen LogP contribution < -0.4 is 10.2 Å². The second kappa shape index (κ2) is 16.0. The summed E-state index contributed by atoms with van der Waals surface area (Å²) in [7, 11) is 0. The fraction of sp³-hybridized carbons (Fsp3) is 0.487. The zero-order chi connectivity index (χ0) is 35.1. The molecule has 0 aromatic heterocycles. The van der Waals surface area contributed by atoms with Crippen molar-refractivity contribution in [1.82, 2.24) is 10.2 Å². The number of amides is 3. The summed E-state index contributed by atoms with van der Waals surface area (Å²) in [4.78, 5) is 59.4. The Kier molecular flexibility index (Phi) is 11.7. The average molecular weight is 672 g/mol. The van der Waals surface area contributed by atoms with Crippen LogP contribution in [0.25, 0.3) is 0 Å². The molecule has 3 saturated heterocycles. The molecule has 5 rings (SSSR count). The van der Waals surface area contributed by atoms with E-state index in [4.69, 9.17) is 9.47 Å². The molecule has 3 amide bonds. The molecular formula is C39H49N3O7. The first-order chi connectivity index (χ1) is 23.7. The zero-order valence-electron chi connectivity index (χ0n) is 28.6. The van der Waals surface area contributed by atoms with Gasteiger partial charge in [0, 0.05) is 31.8 Å². The van der Waals surface area contributed by atoms with E-state index >= 15 is 0 Å². The van der Waals surface area contributed by atoms with E-state index in [1.807, 2.05) is 62.4 Å². The summed E-state index contributed by atoms with van der Waals surface area (Å²) in [5.74, 6) is -3.13. The van der Waals surface area contributed by atoms with Crippen LogP contribution in [0.3, 0.4) is 0 Å². The quantitative estimate of drug-likeness (QED) is 0.142. The fourth-order valence-corrected chi connectivity index (χ4v) is 7.95. The smallest absolute Gasteiger partial charge is 0.313 e. The Balaban J connectivity index is 1.47. The van der Waals surface area contributed by atoms with Gasteiger partial charge >= 0.3 is 5.97 Å². The van der Waals surface area contributed by atoms with Gasteiger partial charge in [0.15, 0.2) is 0 Å². The monoisotopic (exact) mass is 671 g/mol.